The van der Waals surface area contributed by atoms with Crippen LogP contribution in [0.5, 0.6) is 5.75 Å². The molecule has 0 aromatic heterocycles. The zero-order valence-electron chi connectivity index (χ0n) is 17.6. The molecule has 1 aliphatic carbocycles. The topological polar surface area (TPSA) is 66.8 Å². The van der Waals surface area contributed by atoms with Crippen LogP contribution >= 0.6 is 0 Å². The molecule has 0 spiro atoms. The molecule has 1 aliphatic heterocycles. The Morgan fingerprint density at radius 3 is 2.68 bits per heavy atom. The average Bonchev–Trinajstić information content (AvgIpc) is 3.41. The molecule has 1 amide bonds. The number of amides is 1. The van der Waals surface area contributed by atoms with Gasteiger partial charge in [0.25, 0.3) is 0 Å². The van der Waals surface area contributed by atoms with Gasteiger partial charge in [0.2, 0.25) is 5.91 Å². The number of benzene rings is 2. The molecule has 0 radical (unpaired) electrons. The van der Waals surface area contributed by atoms with E-state index in [0.717, 1.165) is 36.1 Å². The van der Waals surface area contributed by atoms with Crippen LogP contribution in [0.2, 0.25) is 0 Å². The molecule has 1 N–H and O–H groups in total. The van der Waals surface area contributed by atoms with Crippen LogP contribution in [0.25, 0.3) is 0 Å². The lowest BCUT2D eigenvalue weighted by Crippen LogP contribution is -2.31. The van der Waals surface area contributed by atoms with Crippen molar-refractivity contribution in [3.63, 3.8) is 0 Å². The van der Waals surface area contributed by atoms with Crippen LogP contribution in [0.3, 0.4) is 0 Å². The first kappa shape index (κ1) is 21.3. The van der Waals surface area contributed by atoms with E-state index >= 15 is 0 Å². The SMILES string of the molecule is O=C(O)CCc1ccc(OCc2cccc3c2N(C(=O)CC2CCCC2)CC3)cc1F. The van der Waals surface area contributed by atoms with E-state index < -0.39 is 11.8 Å². The van der Waals surface area contributed by atoms with E-state index in [2.05, 4.69) is 6.07 Å². The third kappa shape index (κ3) is 5.06. The number of fused-ring (bicyclic) bond motifs is 1. The number of rotatable bonds is 8. The zero-order chi connectivity index (χ0) is 21.8. The third-order valence-corrected chi connectivity index (χ3v) is 6.34. The summed E-state index contributed by atoms with van der Waals surface area (Å²) in [5, 5.41) is 8.77. The molecule has 0 unspecified atom stereocenters. The Hall–Kier alpha value is -2.89. The van der Waals surface area contributed by atoms with Gasteiger partial charge in [-0.1, -0.05) is 37.1 Å². The standard InChI is InChI=1S/C25H28FNO4/c26-22-15-21(10-8-18(22)9-11-24(29)30)31-16-20-7-3-6-19-12-13-27(25(19)20)23(28)14-17-4-1-2-5-17/h3,6-8,10,15,17H,1-2,4-5,9,11-14,16H2,(H,29,30). The van der Waals surface area contributed by atoms with Gasteiger partial charge in [-0.2, -0.15) is 0 Å². The van der Waals surface area contributed by atoms with Crippen LogP contribution in [-0.4, -0.2) is 23.5 Å². The lowest BCUT2D eigenvalue weighted by atomic mass is 10.0. The van der Waals surface area contributed by atoms with Crippen molar-refractivity contribution >= 4 is 17.6 Å². The Labute approximate surface area is 181 Å². The molecule has 6 heteroatoms. The van der Waals surface area contributed by atoms with Crippen molar-refractivity contribution in [2.45, 2.75) is 58.0 Å². The normalized spacial score (nSPS) is 15.8. The van der Waals surface area contributed by atoms with Gasteiger partial charge >= 0.3 is 5.97 Å². The van der Waals surface area contributed by atoms with Crippen LogP contribution in [-0.2, 0) is 29.0 Å². The van der Waals surface area contributed by atoms with Gasteiger partial charge in [0.15, 0.2) is 0 Å². The highest BCUT2D eigenvalue weighted by atomic mass is 19.1. The van der Waals surface area contributed by atoms with Crippen molar-refractivity contribution in [2.24, 2.45) is 5.92 Å². The highest BCUT2D eigenvalue weighted by Gasteiger charge is 2.29. The number of carboxylic acids is 1. The van der Waals surface area contributed by atoms with Gasteiger partial charge in [0.1, 0.15) is 18.2 Å². The van der Waals surface area contributed by atoms with Gasteiger partial charge in [-0.25, -0.2) is 4.39 Å². The monoisotopic (exact) mass is 425 g/mol. The van der Waals surface area contributed by atoms with E-state index in [1.807, 2.05) is 17.0 Å². The first-order valence-electron chi connectivity index (χ1n) is 11.1. The molecule has 1 fully saturated rings. The summed E-state index contributed by atoms with van der Waals surface area (Å²) in [6.07, 6.45) is 6.21. The minimum atomic E-state index is -0.954. The van der Waals surface area contributed by atoms with Crippen molar-refractivity contribution in [3.8, 4) is 5.75 Å². The highest BCUT2D eigenvalue weighted by molar-refractivity contribution is 5.96. The Morgan fingerprint density at radius 2 is 1.94 bits per heavy atom. The first-order chi connectivity index (χ1) is 15.0. The number of aliphatic carboxylic acids is 1. The zero-order valence-corrected chi connectivity index (χ0v) is 17.6. The predicted octanol–water partition coefficient (Wildman–Crippen LogP) is 4.89. The second-order valence-electron chi connectivity index (χ2n) is 8.51. The van der Waals surface area contributed by atoms with Gasteiger partial charge in [-0.05, 0) is 48.8 Å². The van der Waals surface area contributed by atoms with Crippen LogP contribution in [0.15, 0.2) is 36.4 Å². The Bertz CT molecular complexity index is 968. The van der Waals surface area contributed by atoms with Crippen LogP contribution in [0.1, 0.15) is 55.2 Å². The predicted molar refractivity (Wildman–Crippen MR) is 116 cm³/mol. The second-order valence-corrected chi connectivity index (χ2v) is 8.51. The summed E-state index contributed by atoms with van der Waals surface area (Å²) in [5.41, 5.74) is 3.38. The van der Waals surface area contributed by atoms with Gasteiger partial charge < -0.3 is 14.7 Å². The molecule has 31 heavy (non-hydrogen) atoms. The smallest absolute Gasteiger partial charge is 0.303 e. The number of halogens is 1. The molecule has 2 aromatic carbocycles. The van der Waals surface area contributed by atoms with Crippen molar-refractivity contribution < 1.29 is 23.8 Å². The van der Waals surface area contributed by atoms with E-state index in [4.69, 9.17) is 9.84 Å². The molecule has 2 aliphatic rings. The maximum absolute atomic E-state index is 14.3. The molecule has 5 nitrogen and oxygen atoms in total. The number of aryl methyl sites for hydroxylation is 1. The maximum atomic E-state index is 14.3. The summed E-state index contributed by atoms with van der Waals surface area (Å²) < 4.78 is 20.1. The molecule has 4 rings (SSSR count). The molecule has 0 atom stereocenters. The van der Waals surface area contributed by atoms with Crippen LogP contribution in [0.4, 0.5) is 10.1 Å². The highest BCUT2D eigenvalue weighted by Crippen LogP contribution is 2.35. The molecule has 0 bridgehead atoms. The summed E-state index contributed by atoms with van der Waals surface area (Å²) >= 11 is 0. The van der Waals surface area contributed by atoms with Crippen molar-refractivity contribution in [3.05, 3.63) is 58.9 Å². The molecule has 164 valence electrons. The maximum Gasteiger partial charge on any atom is 0.303 e. The molecular formula is C25H28FNO4. The van der Waals surface area contributed by atoms with Crippen LogP contribution in [0, 0.1) is 11.7 Å². The largest absolute Gasteiger partial charge is 0.489 e. The summed E-state index contributed by atoms with van der Waals surface area (Å²) in [6, 6.07) is 10.5. The lowest BCUT2D eigenvalue weighted by molar-refractivity contribution is -0.137. The number of carbonyl (C=O) groups is 2. The van der Waals surface area contributed by atoms with Crippen LogP contribution < -0.4 is 9.64 Å². The molecule has 1 heterocycles. The second kappa shape index (κ2) is 9.50. The molecule has 0 saturated heterocycles. The Balaban J connectivity index is 1.44. The number of para-hydroxylation sites is 1. The number of hydrogen-bond acceptors (Lipinski definition) is 3. The minimum Gasteiger partial charge on any atom is -0.489 e. The Kier molecular flexibility index (Phi) is 6.54. The number of carbonyl (C=O) groups excluding carboxylic acids is 1. The number of ether oxygens (including phenoxy) is 1. The summed E-state index contributed by atoms with van der Waals surface area (Å²) in [6.45, 7) is 0.940. The molecule has 1 saturated carbocycles. The fraction of sp³-hybridized carbons (Fsp3) is 0.440. The molecular weight excluding hydrogens is 397 g/mol. The quantitative estimate of drug-likeness (QED) is 0.654. The van der Waals surface area contributed by atoms with E-state index in [1.54, 1.807) is 12.1 Å². The van der Waals surface area contributed by atoms with E-state index in [-0.39, 0.29) is 25.4 Å². The van der Waals surface area contributed by atoms with Gasteiger partial charge in [-0.15, -0.1) is 0 Å². The number of nitrogens with zero attached hydrogens (tertiary/aromatic N) is 1. The van der Waals surface area contributed by atoms with E-state index in [0.29, 0.717) is 30.2 Å². The Morgan fingerprint density at radius 1 is 1.13 bits per heavy atom. The molecule has 2 aromatic rings. The van der Waals surface area contributed by atoms with Gasteiger partial charge in [0, 0.05) is 31.0 Å². The lowest BCUT2D eigenvalue weighted by Gasteiger charge is -2.22. The van der Waals surface area contributed by atoms with Crippen molar-refractivity contribution in [1.29, 1.82) is 0 Å². The summed E-state index contributed by atoms with van der Waals surface area (Å²) in [7, 11) is 0. The number of carboxylic acid groups (broad SMARTS) is 1. The average molecular weight is 426 g/mol. The number of anilines is 1. The number of hydrogen-bond donors (Lipinski definition) is 1. The minimum absolute atomic E-state index is 0.113. The van der Waals surface area contributed by atoms with Crippen molar-refractivity contribution in [1.82, 2.24) is 0 Å². The summed E-state index contributed by atoms with van der Waals surface area (Å²) in [5.74, 6) is -0.347. The first-order valence-corrected chi connectivity index (χ1v) is 11.1. The van der Waals surface area contributed by atoms with Gasteiger partial charge in [0.05, 0.1) is 5.69 Å². The summed E-state index contributed by atoms with van der Waals surface area (Å²) in [4.78, 5) is 25.6. The van der Waals surface area contributed by atoms with E-state index in [9.17, 15) is 14.0 Å². The fourth-order valence-corrected chi connectivity index (χ4v) is 4.70. The van der Waals surface area contributed by atoms with Gasteiger partial charge in [-0.3, -0.25) is 9.59 Å². The third-order valence-electron chi connectivity index (χ3n) is 6.34. The fourth-order valence-electron chi connectivity index (χ4n) is 4.70. The van der Waals surface area contributed by atoms with Crippen molar-refractivity contribution in [2.75, 3.05) is 11.4 Å². The van der Waals surface area contributed by atoms with E-state index in [1.165, 1.54) is 18.9 Å².